The number of rotatable bonds is 8. The summed E-state index contributed by atoms with van der Waals surface area (Å²) in [4.78, 5) is 0. The van der Waals surface area contributed by atoms with Crippen LogP contribution in [0.5, 0.6) is 0 Å². The maximum atomic E-state index is 10.6. The van der Waals surface area contributed by atoms with E-state index < -0.39 is 30.7 Å². The van der Waals surface area contributed by atoms with Crippen LogP contribution in [0, 0.1) is 0 Å². The van der Waals surface area contributed by atoms with Gasteiger partial charge in [0.15, 0.2) is 6.29 Å². The zero-order valence-corrected chi connectivity index (χ0v) is 15.3. The van der Waals surface area contributed by atoms with Crippen LogP contribution < -0.4 is 0 Å². The molecule has 0 amide bonds. The third-order valence-electron chi connectivity index (χ3n) is 4.60. The molecule has 0 aromatic heterocycles. The van der Waals surface area contributed by atoms with Gasteiger partial charge in [-0.15, -0.1) is 0 Å². The summed E-state index contributed by atoms with van der Waals surface area (Å²) in [6, 6.07) is 19.4. The Kier molecular flexibility index (Phi) is 7.34. The first kappa shape index (κ1) is 19.9. The average molecular weight is 374 g/mol. The van der Waals surface area contributed by atoms with Gasteiger partial charge in [0.05, 0.1) is 19.8 Å². The number of hydrogen-bond acceptors (Lipinski definition) is 6. The van der Waals surface area contributed by atoms with Crippen molar-refractivity contribution >= 4 is 0 Å². The number of benzene rings is 2. The van der Waals surface area contributed by atoms with Crippen LogP contribution in [0.15, 0.2) is 60.7 Å². The Labute approximate surface area is 159 Å². The Bertz CT molecular complexity index is 665. The van der Waals surface area contributed by atoms with E-state index in [2.05, 4.69) is 0 Å². The fraction of sp³-hybridized carbons (Fsp3) is 0.429. The Morgan fingerprint density at radius 3 is 1.85 bits per heavy atom. The molecule has 6 heteroatoms. The molecular formula is C21H26O6. The molecule has 0 saturated carbocycles. The van der Waals surface area contributed by atoms with Gasteiger partial charge in [-0.25, -0.2) is 0 Å². The van der Waals surface area contributed by atoms with E-state index in [0.29, 0.717) is 13.2 Å². The molecule has 1 heterocycles. The number of hydrogen-bond donors (Lipinski definition) is 2. The minimum Gasteiger partial charge on any atom is -0.394 e. The van der Waals surface area contributed by atoms with Crippen molar-refractivity contribution in [3.63, 3.8) is 0 Å². The van der Waals surface area contributed by atoms with Gasteiger partial charge in [0.2, 0.25) is 0 Å². The maximum absolute atomic E-state index is 10.6. The molecule has 1 aliphatic heterocycles. The summed E-state index contributed by atoms with van der Waals surface area (Å²) in [6.45, 7) is 0.302. The predicted octanol–water partition coefficient (Wildman–Crippen LogP) is 1.88. The summed E-state index contributed by atoms with van der Waals surface area (Å²) < 4.78 is 23.1. The van der Waals surface area contributed by atoms with Crippen molar-refractivity contribution in [1.29, 1.82) is 0 Å². The SMILES string of the molecule is CO[C@@H]1O[C@H](CO)[C@@H](O)[C@H](OCc2ccccc2)[C@@H]1OCc1ccccc1. The van der Waals surface area contributed by atoms with Gasteiger partial charge < -0.3 is 29.2 Å². The standard InChI is InChI=1S/C21H26O6/c1-24-21-20(26-14-16-10-6-3-7-11-16)19(18(23)17(12-22)27-21)25-13-15-8-4-2-5-9-15/h2-11,17-23H,12-14H2,1H3/t17-,18-,19+,20+,21-/m1/s1. The van der Waals surface area contributed by atoms with Gasteiger partial charge >= 0.3 is 0 Å². The quantitative estimate of drug-likeness (QED) is 0.735. The summed E-state index contributed by atoms with van der Waals surface area (Å²) in [5, 5.41) is 20.2. The second kappa shape index (κ2) is 9.94. The largest absolute Gasteiger partial charge is 0.394 e. The monoisotopic (exact) mass is 374 g/mol. The van der Waals surface area contributed by atoms with Gasteiger partial charge in [-0.3, -0.25) is 0 Å². The minimum absolute atomic E-state index is 0.308. The molecule has 146 valence electrons. The van der Waals surface area contributed by atoms with E-state index in [1.54, 1.807) is 0 Å². The van der Waals surface area contributed by atoms with Crippen molar-refractivity contribution in [3.05, 3.63) is 71.8 Å². The highest BCUT2D eigenvalue weighted by atomic mass is 16.7. The maximum Gasteiger partial charge on any atom is 0.186 e. The molecule has 1 fully saturated rings. The smallest absolute Gasteiger partial charge is 0.186 e. The van der Waals surface area contributed by atoms with Crippen LogP contribution in [0.1, 0.15) is 11.1 Å². The molecule has 5 atom stereocenters. The van der Waals surface area contributed by atoms with Crippen LogP contribution in [-0.2, 0) is 32.2 Å². The van der Waals surface area contributed by atoms with Crippen molar-refractivity contribution in [3.8, 4) is 0 Å². The number of ether oxygens (including phenoxy) is 4. The van der Waals surface area contributed by atoms with Crippen LogP contribution in [0.4, 0.5) is 0 Å². The Balaban J connectivity index is 1.73. The number of methoxy groups -OCH3 is 1. The summed E-state index contributed by atoms with van der Waals surface area (Å²) in [6.07, 6.45) is -3.94. The molecule has 0 unspecified atom stereocenters. The van der Waals surface area contributed by atoms with Gasteiger partial charge in [0.25, 0.3) is 0 Å². The third-order valence-corrected chi connectivity index (χ3v) is 4.60. The zero-order valence-electron chi connectivity index (χ0n) is 15.3. The molecule has 2 aromatic rings. The van der Waals surface area contributed by atoms with E-state index in [4.69, 9.17) is 18.9 Å². The molecule has 2 N–H and O–H groups in total. The van der Waals surface area contributed by atoms with E-state index in [0.717, 1.165) is 11.1 Å². The molecule has 3 rings (SSSR count). The van der Waals surface area contributed by atoms with Gasteiger partial charge in [-0.05, 0) is 11.1 Å². The van der Waals surface area contributed by atoms with Crippen molar-refractivity contribution in [1.82, 2.24) is 0 Å². The first-order chi connectivity index (χ1) is 13.2. The van der Waals surface area contributed by atoms with Crippen LogP contribution in [0.2, 0.25) is 0 Å². The van der Waals surface area contributed by atoms with E-state index in [1.807, 2.05) is 60.7 Å². The van der Waals surface area contributed by atoms with Crippen molar-refractivity contribution < 1.29 is 29.2 Å². The lowest BCUT2D eigenvalue weighted by atomic mass is 9.98. The molecule has 0 radical (unpaired) electrons. The lowest BCUT2D eigenvalue weighted by Crippen LogP contribution is -2.60. The van der Waals surface area contributed by atoms with Crippen molar-refractivity contribution in [2.24, 2.45) is 0 Å². The van der Waals surface area contributed by atoms with Gasteiger partial charge in [0.1, 0.15) is 24.4 Å². The second-order valence-corrected chi connectivity index (χ2v) is 6.47. The molecule has 0 aliphatic carbocycles. The van der Waals surface area contributed by atoms with E-state index in [-0.39, 0.29) is 6.61 Å². The van der Waals surface area contributed by atoms with Crippen LogP contribution in [-0.4, -0.2) is 54.6 Å². The molecular weight excluding hydrogens is 348 g/mol. The van der Waals surface area contributed by atoms with Gasteiger partial charge in [-0.2, -0.15) is 0 Å². The lowest BCUT2D eigenvalue weighted by molar-refractivity contribution is -0.314. The summed E-state index contributed by atoms with van der Waals surface area (Å²) >= 11 is 0. The Morgan fingerprint density at radius 1 is 0.852 bits per heavy atom. The van der Waals surface area contributed by atoms with Gasteiger partial charge in [-0.1, -0.05) is 60.7 Å². The molecule has 1 saturated heterocycles. The highest BCUT2D eigenvalue weighted by molar-refractivity contribution is 5.14. The number of aliphatic hydroxyl groups is 2. The highest BCUT2D eigenvalue weighted by Gasteiger charge is 2.46. The lowest BCUT2D eigenvalue weighted by Gasteiger charge is -2.43. The van der Waals surface area contributed by atoms with Gasteiger partial charge in [0, 0.05) is 7.11 Å². The first-order valence-corrected chi connectivity index (χ1v) is 9.01. The highest BCUT2D eigenvalue weighted by Crippen LogP contribution is 2.28. The van der Waals surface area contributed by atoms with E-state index >= 15 is 0 Å². The fourth-order valence-corrected chi connectivity index (χ4v) is 3.13. The molecule has 1 aliphatic rings. The summed E-state index contributed by atoms with van der Waals surface area (Å²) in [5.74, 6) is 0. The van der Waals surface area contributed by atoms with Crippen LogP contribution in [0.25, 0.3) is 0 Å². The fourth-order valence-electron chi connectivity index (χ4n) is 3.13. The Hall–Kier alpha value is -1.80. The third kappa shape index (κ3) is 5.13. The Morgan fingerprint density at radius 2 is 1.37 bits per heavy atom. The first-order valence-electron chi connectivity index (χ1n) is 9.01. The molecule has 27 heavy (non-hydrogen) atoms. The second-order valence-electron chi connectivity index (χ2n) is 6.47. The van der Waals surface area contributed by atoms with E-state index in [1.165, 1.54) is 7.11 Å². The summed E-state index contributed by atoms with van der Waals surface area (Å²) in [7, 11) is 1.50. The normalized spacial score (nSPS) is 28.2. The number of aliphatic hydroxyl groups excluding tert-OH is 2. The molecule has 6 nitrogen and oxygen atoms in total. The predicted molar refractivity (Wildman–Crippen MR) is 98.8 cm³/mol. The topological polar surface area (TPSA) is 77.4 Å². The minimum atomic E-state index is -1.04. The molecule has 2 aromatic carbocycles. The average Bonchev–Trinajstić information content (AvgIpc) is 2.73. The van der Waals surface area contributed by atoms with Crippen LogP contribution in [0.3, 0.4) is 0 Å². The molecule has 0 bridgehead atoms. The zero-order chi connectivity index (χ0) is 19.1. The van der Waals surface area contributed by atoms with Crippen molar-refractivity contribution in [2.45, 2.75) is 43.9 Å². The van der Waals surface area contributed by atoms with Crippen molar-refractivity contribution in [2.75, 3.05) is 13.7 Å². The molecule has 0 spiro atoms. The van der Waals surface area contributed by atoms with E-state index in [9.17, 15) is 10.2 Å². The summed E-state index contributed by atoms with van der Waals surface area (Å²) in [5.41, 5.74) is 1.97. The van der Waals surface area contributed by atoms with Crippen LogP contribution >= 0.6 is 0 Å².